The van der Waals surface area contributed by atoms with Crippen LogP contribution in [0.1, 0.15) is 6.42 Å². The topological polar surface area (TPSA) is 3.24 Å². The lowest BCUT2D eigenvalue weighted by atomic mass is 10.1. The van der Waals surface area contributed by atoms with Crippen LogP contribution in [0.5, 0.6) is 0 Å². The van der Waals surface area contributed by atoms with E-state index in [9.17, 15) is 0 Å². The highest BCUT2D eigenvalue weighted by atomic mass is 79.9. The van der Waals surface area contributed by atoms with Crippen molar-refractivity contribution in [3.63, 3.8) is 0 Å². The van der Waals surface area contributed by atoms with Gasteiger partial charge in [-0.25, -0.2) is 0 Å². The first-order chi connectivity index (χ1) is 8.84. The van der Waals surface area contributed by atoms with E-state index in [1.807, 2.05) is 17.6 Å². The summed E-state index contributed by atoms with van der Waals surface area (Å²) in [6.45, 7) is 1.04. The molecular weight excluding hydrogens is 306 g/mol. The second-order valence-corrected chi connectivity index (χ2v) is 5.11. The third kappa shape index (κ3) is 5.78. The van der Waals surface area contributed by atoms with Crippen molar-refractivity contribution in [2.24, 2.45) is 0 Å². The van der Waals surface area contributed by atoms with Crippen LogP contribution in [0.15, 0.2) is 59.2 Å². The molecule has 1 aromatic carbocycles. The highest BCUT2D eigenvalue weighted by molar-refractivity contribution is 9.08. The summed E-state index contributed by atoms with van der Waals surface area (Å²) in [5, 5.41) is 0. The SMILES string of the molecule is CBr.CN1C=CC(CCSc2ccccc2)=CC1. The molecule has 0 radical (unpaired) electrons. The molecule has 1 aromatic rings. The molecule has 1 aliphatic rings. The molecule has 0 bridgehead atoms. The Labute approximate surface area is 123 Å². The van der Waals surface area contributed by atoms with Crippen LogP contribution < -0.4 is 0 Å². The average Bonchev–Trinajstić information content (AvgIpc) is 2.44. The minimum Gasteiger partial charge on any atom is -0.377 e. The molecule has 0 unspecified atom stereocenters. The van der Waals surface area contributed by atoms with Gasteiger partial charge in [0, 0.05) is 24.2 Å². The Bertz CT molecular complexity index is 387. The lowest BCUT2D eigenvalue weighted by Crippen LogP contribution is -2.13. The van der Waals surface area contributed by atoms with Gasteiger partial charge in [0.1, 0.15) is 0 Å². The third-order valence-electron chi connectivity index (χ3n) is 2.59. The van der Waals surface area contributed by atoms with Gasteiger partial charge in [0.25, 0.3) is 0 Å². The number of likely N-dealkylation sites (N-methyl/N-ethyl adjacent to an activating group) is 1. The number of alkyl halides is 1. The highest BCUT2D eigenvalue weighted by Crippen LogP contribution is 2.20. The Balaban J connectivity index is 0.000000771. The predicted molar refractivity (Wildman–Crippen MR) is 86.5 cm³/mol. The van der Waals surface area contributed by atoms with E-state index in [0.29, 0.717) is 0 Å². The summed E-state index contributed by atoms with van der Waals surface area (Å²) in [6.07, 6.45) is 7.84. The molecule has 0 fully saturated rings. The van der Waals surface area contributed by atoms with Crippen molar-refractivity contribution in [3.05, 3.63) is 54.3 Å². The molecule has 1 nitrogen and oxygen atoms in total. The van der Waals surface area contributed by atoms with Crippen LogP contribution in [0.25, 0.3) is 0 Å². The van der Waals surface area contributed by atoms with Gasteiger partial charge in [0.15, 0.2) is 0 Å². The molecular formula is C15H20BrNS. The van der Waals surface area contributed by atoms with Gasteiger partial charge in [0.2, 0.25) is 0 Å². The first-order valence-corrected chi connectivity index (χ1v) is 8.55. The Kier molecular flexibility index (Phi) is 7.94. The molecule has 18 heavy (non-hydrogen) atoms. The Morgan fingerprint density at radius 2 is 1.94 bits per heavy atom. The van der Waals surface area contributed by atoms with Crippen molar-refractivity contribution in [1.82, 2.24) is 4.90 Å². The van der Waals surface area contributed by atoms with E-state index < -0.39 is 0 Å². The number of hydrogen-bond donors (Lipinski definition) is 0. The number of benzene rings is 1. The van der Waals surface area contributed by atoms with Gasteiger partial charge in [-0.3, -0.25) is 0 Å². The second-order valence-electron chi connectivity index (χ2n) is 3.95. The normalized spacial score (nSPS) is 13.7. The molecule has 0 aromatic heterocycles. The number of thioether (sulfide) groups is 1. The lowest BCUT2D eigenvalue weighted by Gasteiger charge is -2.16. The summed E-state index contributed by atoms with van der Waals surface area (Å²) in [5.74, 6) is 2.97. The van der Waals surface area contributed by atoms with E-state index in [1.165, 1.54) is 10.5 Å². The predicted octanol–water partition coefficient (Wildman–Crippen LogP) is 4.57. The maximum atomic E-state index is 2.94. The average molecular weight is 326 g/mol. The quantitative estimate of drug-likeness (QED) is 0.589. The van der Waals surface area contributed by atoms with Crippen LogP contribution in [0, 0.1) is 0 Å². The molecule has 0 N–H and O–H groups in total. The zero-order valence-electron chi connectivity index (χ0n) is 11.0. The standard InChI is InChI=1S/C14H17NS.CH3Br/c1-15-10-7-13(8-11-15)9-12-16-14-5-3-2-4-6-14;1-2/h2-8,10H,9,11-12H2,1H3;1H3. The number of halogens is 1. The third-order valence-corrected chi connectivity index (χ3v) is 3.60. The molecule has 0 spiro atoms. The molecule has 1 heterocycles. The van der Waals surface area contributed by atoms with Gasteiger partial charge in [-0.05, 0) is 42.2 Å². The number of hydrogen-bond acceptors (Lipinski definition) is 2. The first-order valence-electron chi connectivity index (χ1n) is 5.98. The van der Waals surface area contributed by atoms with Crippen LogP contribution in [0.4, 0.5) is 0 Å². The lowest BCUT2D eigenvalue weighted by molar-refractivity contribution is 0.501. The van der Waals surface area contributed by atoms with Crippen LogP contribution >= 0.6 is 27.7 Å². The molecule has 0 atom stereocenters. The fourth-order valence-corrected chi connectivity index (χ4v) is 2.53. The summed E-state index contributed by atoms with van der Waals surface area (Å²) in [4.78, 5) is 3.55. The minimum absolute atomic E-state index is 1.04. The van der Waals surface area contributed by atoms with Crippen molar-refractivity contribution in [3.8, 4) is 0 Å². The minimum atomic E-state index is 1.04. The van der Waals surface area contributed by atoms with Crippen LogP contribution in [-0.2, 0) is 0 Å². The molecule has 1 aliphatic heterocycles. The van der Waals surface area contributed by atoms with Gasteiger partial charge < -0.3 is 4.90 Å². The number of allylic oxidation sites excluding steroid dienone is 2. The number of nitrogens with zero attached hydrogens (tertiary/aromatic N) is 1. The molecule has 98 valence electrons. The summed E-state index contributed by atoms with van der Waals surface area (Å²) in [6, 6.07) is 10.6. The zero-order valence-corrected chi connectivity index (χ0v) is 13.4. The fraction of sp³-hybridized carbons (Fsp3) is 0.333. The maximum Gasteiger partial charge on any atom is 0.0356 e. The van der Waals surface area contributed by atoms with Crippen LogP contribution in [0.3, 0.4) is 0 Å². The van der Waals surface area contributed by atoms with E-state index in [0.717, 1.165) is 18.7 Å². The van der Waals surface area contributed by atoms with Gasteiger partial charge >= 0.3 is 0 Å². The van der Waals surface area contributed by atoms with E-state index in [-0.39, 0.29) is 0 Å². The summed E-state index contributed by atoms with van der Waals surface area (Å²) in [7, 11) is 2.10. The van der Waals surface area contributed by atoms with Crippen LogP contribution in [-0.4, -0.2) is 30.1 Å². The molecule has 2 rings (SSSR count). The molecule has 3 heteroatoms. The van der Waals surface area contributed by atoms with Gasteiger partial charge in [-0.1, -0.05) is 40.2 Å². The van der Waals surface area contributed by atoms with Crippen LogP contribution in [0.2, 0.25) is 0 Å². The highest BCUT2D eigenvalue weighted by Gasteiger charge is 2.00. The van der Waals surface area contributed by atoms with Gasteiger partial charge in [-0.15, -0.1) is 11.8 Å². The number of rotatable bonds is 4. The van der Waals surface area contributed by atoms with Crippen molar-refractivity contribution in [2.45, 2.75) is 11.3 Å². The largest absolute Gasteiger partial charge is 0.377 e. The Hall–Kier alpha value is -0.670. The van der Waals surface area contributed by atoms with E-state index in [4.69, 9.17) is 0 Å². The second kappa shape index (κ2) is 9.29. The smallest absolute Gasteiger partial charge is 0.0356 e. The molecule has 0 aliphatic carbocycles. The van der Waals surface area contributed by atoms with Crippen molar-refractivity contribution in [1.29, 1.82) is 0 Å². The van der Waals surface area contributed by atoms with E-state index in [1.54, 1.807) is 0 Å². The first kappa shape index (κ1) is 15.4. The molecule has 0 saturated carbocycles. The van der Waals surface area contributed by atoms with Crippen molar-refractivity contribution < 1.29 is 0 Å². The Morgan fingerprint density at radius 1 is 1.22 bits per heavy atom. The zero-order chi connectivity index (χ0) is 13.2. The molecule has 0 amide bonds. The van der Waals surface area contributed by atoms with Crippen molar-refractivity contribution >= 4 is 27.7 Å². The maximum absolute atomic E-state index is 2.94. The van der Waals surface area contributed by atoms with Gasteiger partial charge in [0.05, 0.1) is 0 Å². The fourth-order valence-electron chi connectivity index (χ4n) is 1.60. The van der Waals surface area contributed by atoms with E-state index in [2.05, 4.69) is 76.6 Å². The van der Waals surface area contributed by atoms with Gasteiger partial charge in [-0.2, -0.15) is 0 Å². The van der Waals surface area contributed by atoms with E-state index >= 15 is 0 Å². The Morgan fingerprint density at radius 3 is 2.56 bits per heavy atom. The molecule has 0 saturated heterocycles. The van der Waals surface area contributed by atoms with Crippen molar-refractivity contribution in [2.75, 3.05) is 25.2 Å². The monoisotopic (exact) mass is 325 g/mol. The summed E-state index contributed by atoms with van der Waals surface area (Å²) in [5.41, 5.74) is 1.46. The summed E-state index contributed by atoms with van der Waals surface area (Å²) >= 11 is 4.86. The summed E-state index contributed by atoms with van der Waals surface area (Å²) < 4.78 is 0.